The topological polar surface area (TPSA) is 17.1 Å². The smallest absolute Gasteiger partial charge is 0.143 e. The number of ketones is 1. The van der Waals surface area contributed by atoms with Crippen molar-refractivity contribution >= 4 is 5.78 Å². The summed E-state index contributed by atoms with van der Waals surface area (Å²) in [6.45, 7) is 4.37. The summed E-state index contributed by atoms with van der Waals surface area (Å²) in [7, 11) is 0. The van der Waals surface area contributed by atoms with Crippen molar-refractivity contribution in [2.24, 2.45) is 5.92 Å². The van der Waals surface area contributed by atoms with Crippen LogP contribution in [0.25, 0.3) is 0 Å². The van der Waals surface area contributed by atoms with Gasteiger partial charge in [-0.3, -0.25) is 4.79 Å². The largest absolute Gasteiger partial charge is 0.299 e. The zero-order valence-corrected chi connectivity index (χ0v) is 12.3. The predicted octanol–water partition coefficient (Wildman–Crippen LogP) is 4.89. The maximum atomic E-state index is 12.9. The quantitative estimate of drug-likeness (QED) is 0.734. The van der Waals surface area contributed by atoms with Crippen LogP contribution in [0.1, 0.15) is 64.4 Å². The van der Waals surface area contributed by atoms with Crippen LogP contribution in [-0.4, -0.2) is 5.78 Å². The molecule has 1 aliphatic rings. The molecule has 1 nitrogen and oxygen atoms in total. The highest BCUT2D eigenvalue weighted by Crippen LogP contribution is 2.41. The molecule has 0 bridgehead atoms. The molecule has 1 aromatic rings. The Morgan fingerprint density at radius 3 is 2.37 bits per heavy atom. The van der Waals surface area contributed by atoms with E-state index in [4.69, 9.17) is 0 Å². The molecule has 0 saturated heterocycles. The van der Waals surface area contributed by atoms with Gasteiger partial charge < -0.3 is 0 Å². The average Bonchev–Trinajstić information content (AvgIpc) is 2.48. The van der Waals surface area contributed by atoms with Crippen molar-refractivity contribution in [2.45, 2.75) is 64.2 Å². The highest BCUT2D eigenvalue weighted by molar-refractivity contribution is 5.90. The molecule has 0 spiro atoms. The number of hydrogen-bond donors (Lipinski definition) is 0. The zero-order valence-electron chi connectivity index (χ0n) is 12.3. The first kappa shape index (κ1) is 14.3. The van der Waals surface area contributed by atoms with Crippen LogP contribution in [0, 0.1) is 5.92 Å². The maximum absolute atomic E-state index is 12.9. The highest BCUT2D eigenvalue weighted by Gasteiger charge is 2.40. The summed E-state index contributed by atoms with van der Waals surface area (Å²) in [5, 5.41) is 0. The van der Waals surface area contributed by atoms with E-state index in [0.717, 1.165) is 25.7 Å². The van der Waals surface area contributed by atoms with Crippen molar-refractivity contribution in [1.82, 2.24) is 0 Å². The summed E-state index contributed by atoms with van der Waals surface area (Å²) < 4.78 is 0. The minimum atomic E-state index is -0.178. The number of hydrogen-bond acceptors (Lipinski definition) is 1. The van der Waals surface area contributed by atoms with Crippen LogP contribution < -0.4 is 0 Å². The van der Waals surface area contributed by atoms with Crippen molar-refractivity contribution in [3.8, 4) is 0 Å². The van der Waals surface area contributed by atoms with Gasteiger partial charge in [0.15, 0.2) is 0 Å². The fraction of sp³-hybridized carbons (Fsp3) is 0.611. The molecule has 1 fully saturated rings. The Morgan fingerprint density at radius 1 is 1.16 bits per heavy atom. The van der Waals surface area contributed by atoms with Gasteiger partial charge in [-0.2, -0.15) is 0 Å². The third-order valence-corrected chi connectivity index (χ3v) is 4.80. The second-order valence-corrected chi connectivity index (χ2v) is 6.15. The molecule has 1 atom stereocenters. The Bertz CT molecular complexity index is 401. The summed E-state index contributed by atoms with van der Waals surface area (Å²) in [6.07, 6.45) is 7.61. The van der Waals surface area contributed by atoms with E-state index in [9.17, 15) is 4.79 Å². The van der Waals surface area contributed by atoms with E-state index < -0.39 is 0 Å². The van der Waals surface area contributed by atoms with Gasteiger partial charge in [0, 0.05) is 6.42 Å². The first-order valence-electron chi connectivity index (χ1n) is 7.78. The molecule has 1 aromatic carbocycles. The molecule has 1 aliphatic carbocycles. The molecule has 2 rings (SSSR count). The van der Waals surface area contributed by atoms with E-state index in [1.165, 1.54) is 24.8 Å². The summed E-state index contributed by atoms with van der Waals surface area (Å²) in [5.41, 5.74) is 1.08. The van der Waals surface area contributed by atoms with Crippen molar-refractivity contribution in [1.29, 1.82) is 0 Å². The molecular formula is C18H26O. The van der Waals surface area contributed by atoms with E-state index in [1.807, 2.05) is 6.07 Å². The third kappa shape index (κ3) is 3.08. The normalized spacial score (nSPS) is 19.9. The van der Waals surface area contributed by atoms with Crippen molar-refractivity contribution in [2.75, 3.05) is 0 Å². The second-order valence-electron chi connectivity index (χ2n) is 6.15. The fourth-order valence-electron chi connectivity index (χ4n) is 3.30. The molecule has 1 saturated carbocycles. The summed E-state index contributed by atoms with van der Waals surface area (Å²) in [6, 6.07) is 10.5. The lowest BCUT2D eigenvalue weighted by Gasteiger charge is -2.37. The molecule has 0 radical (unpaired) electrons. The summed E-state index contributed by atoms with van der Waals surface area (Å²) in [5.74, 6) is 0.989. The van der Waals surface area contributed by atoms with Gasteiger partial charge in [0.05, 0.1) is 5.41 Å². The monoisotopic (exact) mass is 258 g/mol. The lowest BCUT2D eigenvalue weighted by Crippen LogP contribution is -2.38. The predicted molar refractivity (Wildman–Crippen MR) is 80.3 cm³/mol. The Kier molecular flexibility index (Phi) is 4.79. The Morgan fingerprint density at radius 2 is 1.79 bits per heavy atom. The van der Waals surface area contributed by atoms with E-state index in [-0.39, 0.29) is 5.41 Å². The van der Waals surface area contributed by atoms with E-state index >= 15 is 0 Å². The number of benzene rings is 1. The second kappa shape index (κ2) is 6.36. The minimum absolute atomic E-state index is 0.178. The van der Waals surface area contributed by atoms with Crippen LogP contribution in [-0.2, 0) is 10.2 Å². The molecular weight excluding hydrogens is 232 g/mol. The summed E-state index contributed by atoms with van der Waals surface area (Å²) >= 11 is 0. The first-order valence-corrected chi connectivity index (χ1v) is 7.78. The molecule has 1 unspecified atom stereocenters. The van der Waals surface area contributed by atoms with Crippen molar-refractivity contribution < 1.29 is 4.79 Å². The van der Waals surface area contributed by atoms with Crippen molar-refractivity contribution in [3.63, 3.8) is 0 Å². The van der Waals surface area contributed by atoms with Gasteiger partial charge >= 0.3 is 0 Å². The van der Waals surface area contributed by atoms with E-state index in [0.29, 0.717) is 11.7 Å². The van der Waals surface area contributed by atoms with E-state index in [1.54, 1.807) is 0 Å². The number of carbonyl (C=O) groups excluding carboxylic acids is 1. The minimum Gasteiger partial charge on any atom is -0.299 e. The number of Topliss-reactive ketones (excluding diaryl/α,β-unsaturated/α-hetero) is 1. The average molecular weight is 258 g/mol. The molecule has 19 heavy (non-hydrogen) atoms. The molecule has 0 amide bonds. The lowest BCUT2D eigenvalue weighted by molar-refractivity contribution is -0.126. The van der Waals surface area contributed by atoms with Gasteiger partial charge in [0.2, 0.25) is 0 Å². The Hall–Kier alpha value is -1.11. The first-order chi connectivity index (χ1) is 9.19. The summed E-state index contributed by atoms with van der Waals surface area (Å²) in [4.78, 5) is 12.9. The Balaban J connectivity index is 2.27. The van der Waals surface area contributed by atoms with Gasteiger partial charge in [-0.25, -0.2) is 0 Å². The van der Waals surface area contributed by atoms with Gasteiger partial charge in [-0.1, -0.05) is 69.9 Å². The molecule has 0 aliphatic heterocycles. The van der Waals surface area contributed by atoms with Crippen LogP contribution in [0.5, 0.6) is 0 Å². The number of rotatable bonds is 5. The van der Waals surface area contributed by atoms with Crippen LogP contribution in [0.15, 0.2) is 30.3 Å². The third-order valence-electron chi connectivity index (χ3n) is 4.80. The maximum Gasteiger partial charge on any atom is 0.143 e. The molecule has 104 valence electrons. The molecule has 0 aromatic heterocycles. The molecule has 0 heterocycles. The van der Waals surface area contributed by atoms with Gasteiger partial charge in [0.1, 0.15) is 5.78 Å². The van der Waals surface area contributed by atoms with E-state index in [2.05, 4.69) is 38.1 Å². The fourth-order valence-corrected chi connectivity index (χ4v) is 3.30. The van der Waals surface area contributed by atoms with Gasteiger partial charge in [-0.05, 0) is 24.3 Å². The van der Waals surface area contributed by atoms with Crippen molar-refractivity contribution in [3.05, 3.63) is 35.9 Å². The SMILES string of the molecule is CCC(C)CC(=O)C1(c2ccccc2)CCCCC1. The van der Waals surface area contributed by atoms with Crippen LogP contribution in [0.4, 0.5) is 0 Å². The van der Waals surface area contributed by atoms with Crippen LogP contribution in [0.3, 0.4) is 0 Å². The number of carbonyl (C=O) groups is 1. The van der Waals surface area contributed by atoms with Gasteiger partial charge in [-0.15, -0.1) is 0 Å². The van der Waals surface area contributed by atoms with Gasteiger partial charge in [0.25, 0.3) is 0 Å². The zero-order chi connectivity index (χ0) is 13.7. The van der Waals surface area contributed by atoms with Crippen LogP contribution in [0.2, 0.25) is 0 Å². The molecule has 1 heteroatoms. The highest BCUT2D eigenvalue weighted by atomic mass is 16.1. The Labute approximate surface area is 117 Å². The lowest BCUT2D eigenvalue weighted by atomic mass is 9.65. The molecule has 0 N–H and O–H groups in total. The standard InChI is InChI=1S/C18H26O/c1-3-15(2)14-17(19)18(12-8-5-9-13-18)16-10-6-4-7-11-16/h4,6-7,10-11,15H,3,5,8-9,12-14H2,1-2H3. The van der Waals surface area contributed by atoms with Crippen LogP contribution >= 0.6 is 0 Å².